The summed E-state index contributed by atoms with van der Waals surface area (Å²) in [5.41, 5.74) is 6.61. The minimum atomic E-state index is -0.170. The predicted octanol–water partition coefficient (Wildman–Crippen LogP) is 2.33. The van der Waals surface area contributed by atoms with Gasteiger partial charge in [-0.05, 0) is 18.2 Å². The van der Waals surface area contributed by atoms with Crippen molar-refractivity contribution in [1.29, 1.82) is 0 Å². The Morgan fingerprint density at radius 2 is 2.24 bits per heavy atom. The maximum atomic E-state index is 12.6. The van der Waals surface area contributed by atoms with Crippen LogP contribution < -0.4 is 5.73 Å². The summed E-state index contributed by atoms with van der Waals surface area (Å²) in [6.07, 6.45) is 0. The normalized spacial score (nSPS) is 11.0. The number of aliphatic hydroxyl groups excluding tert-OH is 1. The van der Waals surface area contributed by atoms with E-state index in [4.69, 9.17) is 15.6 Å². The minimum absolute atomic E-state index is 0.0915. The highest BCUT2D eigenvalue weighted by Gasteiger charge is 2.21. The number of nitrogens with zero attached hydrogens (tertiary/aromatic N) is 1. The van der Waals surface area contributed by atoms with Gasteiger partial charge < -0.3 is 20.5 Å². The van der Waals surface area contributed by atoms with Crippen molar-refractivity contribution in [3.05, 3.63) is 27.5 Å². The number of hydrogen-bond acceptors (Lipinski definition) is 5. The fraction of sp³-hybridized carbons (Fsp3) is 0.357. The van der Waals surface area contributed by atoms with Crippen molar-refractivity contribution in [3.63, 3.8) is 0 Å². The Labute approximate surface area is 135 Å². The van der Waals surface area contributed by atoms with Crippen LogP contribution in [0, 0.1) is 0 Å². The van der Waals surface area contributed by atoms with Gasteiger partial charge in [-0.15, -0.1) is 11.3 Å². The van der Waals surface area contributed by atoms with Crippen molar-refractivity contribution in [2.24, 2.45) is 0 Å². The summed E-state index contributed by atoms with van der Waals surface area (Å²) in [7, 11) is 1.58. The number of methoxy groups -OCH3 is 1. The Hall–Kier alpha value is -1.15. The van der Waals surface area contributed by atoms with Crippen molar-refractivity contribution in [1.82, 2.24) is 4.90 Å². The van der Waals surface area contributed by atoms with Gasteiger partial charge in [-0.1, -0.05) is 15.9 Å². The second-order valence-electron chi connectivity index (χ2n) is 4.49. The lowest BCUT2D eigenvalue weighted by atomic mass is 10.2. The Balaban J connectivity index is 2.34. The molecule has 7 heteroatoms. The zero-order valence-corrected chi connectivity index (χ0v) is 14.0. The molecule has 0 fully saturated rings. The van der Waals surface area contributed by atoms with Crippen LogP contribution in [0.3, 0.4) is 0 Å². The van der Waals surface area contributed by atoms with E-state index >= 15 is 0 Å². The van der Waals surface area contributed by atoms with E-state index < -0.39 is 0 Å². The lowest BCUT2D eigenvalue weighted by Crippen LogP contribution is -2.36. The van der Waals surface area contributed by atoms with Crippen LogP contribution in [-0.4, -0.2) is 49.3 Å². The number of carbonyl (C=O) groups is 1. The van der Waals surface area contributed by atoms with Gasteiger partial charge in [-0.25, -0.2) is 0 Å². The number of ether oxygens (including phenoxy) is 1. The molecular formula is C14H17BrN2O3S. The topological polar surface area (TPSA) is 75.8 Å². The van der Waals surface area contributed by atoms with Gasteiger partial charge in [-0.2, -0.15) is 0 Å². The second-order valence-corrected chi connectivity index (χ2v) is 6.46. The monoisotopic (exact) mass is 372 g/mol. The molecule has 0 aliphatic carbocycles. The molecule has 3 N–H and O–H groups in total. The molecule has 5 nitrogen and oxygen atoms in total. The number of aliphatic hydroxyl groups is 1. The van der Waals surface area contributed by atoms with Crippen molar-refractivity contribution >= 4 is 48.9 Å². The predicted molar refractivity (Wildman–Crippen MR) is 88.8 cm³/mol. The number of nitrogen functional groups attached to an aromatic ring is 1. The fourth-order valence-electron chi connectivity index (χ4n) is 2.03. The summed E-state index contributed by atoms with van der Waals surface area (Å²) in [6.45, 7) is 1.01. The van der Waals surface area contributed by atoms with E-state index in [0.717, 1.165) is 14.6 Å². The molecule has 2 aromatic rings. The van der Waals surface area contributed by atoms with Gasteiger partial charge in [0.25, 0.3) is 5.91 Å². The lowest BCUT2D eigenvalue weighted by Gasteiger charge is -2.20. The number of benzene rings is 1. The van der Waals surface area contributed by atoms with E-state index in [1.54, 1.807) is 12.0 Å². The zero-order valence-electron chi connectivity index (χ0n) is 11.6. The van der Waals surface area contributed by atoms with Gasteiger partial charge in [0.15, 0.2) is 0 Å². The Bertz CT molecular complexity index is 644. The standard InChI is InChI=1S/C14H17BrN2O3S/c1-20-7-5-17(4-6-18)14(19)13-12(16)10-8-9(15)2-3-11(10)21-13/h2-3,8,18H,4-7,16H2,1H3. The van der Waals surface area contributed by atoms with E-state index in [1.165, 1.54) is 11.3 Å². The van der Waals surface area contributed by atoms with Crippen molar-refractivity contribution in [2.45, 2.75) is 0 Å². The molecule has 0 aliphatic rings. The van der Waals surface area contributed by atoms with Gasteiger partial charge >= 0.3 is 0 Å². The van der Waals surface area contributed by atoms with Crippen LogP contribution >= 0.6 is 27.3 Å². The number of fused-ring (bicyclic) bond motifs is 1. The van der Waals surface area contributed by atoms with Gasteiger partial charge in [0.1, 0.15) is 4.88 Å². The molecule has 114 valence electrons. The van der Waals surface area contributed by atoms with E-state index in [2.05, 4.69) is 15.9 Å². The number of amides is 1. The molecule has 1 aromatic carbocycles. The number of nitrogens with two attached hydrogens (primary N) is 1. The molecule has 0 aliphatic heterocycles. The summed E-state index contributed by atoms with van der Waals surface area (Å²) >= 11 is 4.77. The Morgan fingerprint density at radius 1 is 1.48 bits per heavy atom. The van der Waals surface area contributed by atoms with E-state index in [9.17, 15) is 4.79 Å². The Morgan fingerprint density at radius 3 is 2.90 bits per heavy atom. The number of carbonyl (C=O) groups excluding carboxylic acids is 1. The first-order chi connectivity index (χ1) is 10.1. The summed E-state index contributed by atoms with van der Waals surface area (Å²) in [6, 6.07) is 5.76. The third-order valence-corrected chi connectivity index (χ3v) is 4.77. The molecule has 0 spiro atoms. The van der Waals surface area contributed by atoms with E-state index in [0.29, 0.717) is 23.7 Å². The SMILES string of the molecule is COCCN(CCO)C(=O)c1sc2ccc(Br)cc2c1N. The third kappa shape index (κ3) is 3.55. The van der Waals surface area contributed by atoms with Gasteiger partial charge in [0, 0.05) is 34.8 Å². The molecule has 1 aromatic heterocycles. The number of hydrogen-bond donors (Lipinski definition) is 2. The van der Waals surface area contributed by atoms with Crippen LogP contribution in [0.2, 0.25) is 0 Å². The molecule has 0 saturated heterocycles. The second kappa shape index (κ2) is 7.22. The van der Waals surface area contributed by atoms with Crippen LogP contribution in [0.5, 0.6) is 0 Å². The van der Waals surface area contributed by atoms with Gasteiger partial charge in [-0.3, -0.25) is 4.79 Å². The number of rotatable bonds is 6. The first-order valence-corrected chi connectivity index (χ1v) is 8.06. The Kier molecular flexibility index (Phi) is 5.58. The highest BCUT2D eigenvalue weighted by molar-refractivity contribution is 9.10. The van der Waals surface area contributed by atoms with Gasteiger partial charge in [0.05, 0.1) is 18.9 Å². The van der Waals surface area contributed by atoms with Crippen LogP contribution in [0.15, 0.2) is 22.7 Å². The maximum Gasteiger partial charge on any atom is 0.266 e. The van der Waals surface area contributed by atoms with Crippen LogP contribution in [0.1, 0.15) is 9.67 Å². The average molecular weight is 373 g/mol. The quantitative estimate of drug-likeness (QED) is 0.815. The minimum Gasteiger partial charge on any atom is -0.397 e. The molecular weight excluding hydrogens is 356 g/mol. The molecule has 0 bridgehead atoms. The zero-order chi connectivity index (χ0) is 15.4. The molecule has 1 amide bonds. The molecule has 0 radical (unpaired) electrons. The van der Waals surface area contributed by atoms with Crippen LogP contribution in [0.4, 0.5) is 5.69 Å². The highest BCUT2D eigenvalue weighted by Crippen LogP contribution is 2.35. The third-order valence-electron chi connectivity index (χ3n) is 3.11. The molecule has 0 atom stereocenters. The summed E-state index contributed by atoms with van der Waals surface area (Å²) < 4.78 is 6.89. The number of halogens is 1. The van der Waals surface area contributed by atoms with E-state index in [1.807, 2.05) is 18.2 Å². The summed E-state index contributed by atoms with van der Waals surface area (Å²) in [5, 5.41) is 9.98. The number of thiophene rings is 1. The van der Waals surface area contributed by atoms with E-state index in [-0.39, 0.29) is 19.1 Å². The lowest BCUT2D eigenvalue weighted by molar-refractivity contribution is 0.0662. The maximum absolute atomic E-state index is 12.6. The highest BCUT2D eigenvalue weighted by atomic mass is 79.9. The van der Waals surface area contributed by atoms with Gasteiger partial charge in [0.2, 0.25) is 0 Å². The first kappa shape index (κ1) is 16.2. The van der Waals surface area contributed by atoms with Crippen LogP contribution in [0.25, 0.3) is 10.1 Å². The molecule has 2 rings (SSSR count). The summed E-state index contributed by atoms with van der Waals surface area (Å²) in [4.78, 5) is 14.7. The molecule has 21 heavy (non-hydrogen) atoms. The first-order valence-electron chi connectivity index (χ1n) is 6.45. The average Bonchev–Trinajstić information content (AvgIpc) is 2.80. The molecule has 0 unspecified atom stereocenters. The van der Waals surface area contributed by atoms with Crippen molar-refractivity contribution < 1.29 is 14.6 Å². The van der Waals surface area contributed by atoms with Crippen molar-refractivity contribution in [3.8, 4) is 0 Å². The summed E-state index contributed by atoms with van der Waals surface area (Å²) in [5.74, 6) is -0.170. The fourth-order valence-corrected chi connectivity index (χ4v) is 3.46. The molecule has 0 saturated carbocycles. The smallest absolute Gasteiger partial charge is 0.266 e. The van der Waals surface area contributed by atoms with Crippen LogP contribution in [-0.2, 0) is 4.74 Å². The van der Waals surface area contributed by atoms with Crippen molar-refractivity contribution in [2.75, 3.05) is 39.1 Å². The number of anilines is 1. The molecule has 1 heterocycles. The largest absolute Gasteiger partial charge is 0.397 e.